The molecular weight excluding hydrogens is 430 g/mol. The van der Waals surface area contributed by atoms with Gasteiger partial charge in [0.15, 0.2) is 0 Å². The molecule has 1 atom stereocenters. The number of rotatable bonds is 8. The quantitative estimate of drug-likeness (QED) is 0.544. The van der Waals surface area contributed by atoms with Gasteiger partial charge in [0.05, 0.1) is 12.0 Å². The molecule has 3 heterocycles. The van der Waals surface area contributed by atoms with Gasteiger partial charge in [-0.3, -0.25) is 14.7 Å². The first-order chi connectivity index (χ1) is 16.6. The first-order valence-electron chi connectivity index (χ1n) is 11.9. The molecule has 1 unspecified atom stereocenters. The number of hydrogen-bond donors (Lipinski definition) is 1. The van der Waals surface area contributed by atoms with E-state index in [9.17, 15) is 4.79 Å². The van der Waals surface area contributed by atoms with Crippen LogP contribution in [0.25, 0.3) is 11.4 Å². The van der Waals surface area contributed by atoms with E-state index < -0.39 is 5.97 Å². The van der Waals surface area contributed by atoms with Crippen molar-refractivity contribution in [1.29, 1.82) is 0 Å². The summed E-state index contributed by atoms with van der Waals surface area (Å²) in [5.74, 6) is 0.0688. The van der Waals surface area contributed by atoms with Crippen molar-refractivity contribution >= 4 is 11.7 Å². The predicted octanol–water partition coefficient (Wildman–Crippen LogP) is 3.99. The Bertz CT molecular complexity index is 1200. The smallest absolute Gasteiger partial charge is 0.309 e. The second-order valence-electron chi connectivity index (χ2n) is 8.92. The number of nitrogens with zero attached hydrogens (tertiary/aromatic N) is 5. The van der Waals surface area contributed by atoms with Crippen molar-refractivity contribution in [1.82, 2.24) is 20.0 Å². The lowest BCUT2D eigenvalue weighted by Gasteiger charge is -2.37. The summed E-state index contributed by atoms with van der Waals surface area (Å²) >= 11 is 0. The second kappa shape index (κ2) is 9.38. The van der Waals surface area contributed by atoms with E-state index >= 15 is 0 Å². The molecule has 3 aromatic rings. The zero-order valence-corrected chi connectivity index (χ0v) is 19.5. The third kappa shape index (κ3) is 4.33. The van der Waals surface area contributed by atoms with Gasteiger partial charge in [0.1, 0.15) is 5.71 Å². The minimum absolute atomic E-state index is 0.171. The number of carboxylic acids is 1. The van der Waals surface area contributed by atoms with E-state index in [1.807, 2.05) is 24.3 Å². The van der Waals surface area contributed by atoms with Crippen LogP contribution in [0.15, 0.2) is 58.2 Å². The fourth-order valence-electron chi connectivity index (χ4n) is 4.74. The number of likely N-dealkylation sites (tertiary alicyclic amines) is 1. The SMILES string of the molecule is CCc1cc(-c2noc(C3=NN(CC)C(c4ccccc4)C3)n2)ccc1CN1CC(C(=O)O)C1. The van der Waals surface area contributed by atoms with Gasteiger partial charge < -0.3 is 9.63 Å². The minimum Gasteiger partial charge on any atom is -0.481 e. The topological polar surface area (TPSA) is 95.1 Å². The summed E-state index contributed by atoms with van der Waals surface area (Å²) in [7, 11) is 0. The number of aliphatic carboxylic acids is 1. The van der Waals surface area contributed by atoms with E-state index in [0.717, 1.165) is 37.2 Å². The van der Waals surface area contributed by atoms with Crippen LogP contribution < -0.4 is 0 Å². The van der Waals surface area contributed by atoms with Crippen LogP contribution in [0.2, 0.25) is 0 Å². The van der Waals surface area contributed by atoms with Crippen LogP contribution in [0, 0.1) is 5.92 Å². The average Bonchev–Trinajstić information content (AvgIpc) is 3.49. The Morgan fingerprint density at radius 3 is 2.62 bits per heavy atom. The largest absolute Gasteiger partial charge is 0.481 e. The number of hydrazone groups is 1. The van der Waals surface area contributed by atoms with Gasteiger partial charge in [-0.25, -0.2) is 0 Å². The fourth-order valence-corrected chi connectivity index (χ4v) is 4.74. The molecule has 5 rings (SSSR count). The molecule has 0 saturated carbocycles. The molecule has 176 valence electrons. The van der Waals surface area contributed by atoms with Crippen LogP contribution in [0.3, 0.4) is 0 Å². The van der Waals surface area contributed by atoms with E-state index in [-0.39, 0.29) is 12.0 Å². The van der Waals surface area contributed by atoms with Crippen molar-refractivity contribution < 1.29 is 14.4 Å². The van der Waals surface area contributed by atoms with Crippen molar-refractivity contribution in [2.45, 2.75) is 39.3 Å². The van der Waals surface area contributed by atoms with E-state index in [0.29, 0.717) is 24.8 Å². The zero-order valence-electron chi connectivity index (χ0n) is 19.5. The zero-order chi connectivity index (χ0) is 23.7. The number of benzene rings is 2. The van der Waals surface area contributed by atoms with Crippen molar-refractivity contribution in [3.63, 3.8) is 0 Å². The normalized spacial score (nSPS) is 18.7. The van der Waals surface area contributed by atoms with Crippen LogP contribution in [0.4, 0.5) is 0 Å². The third-order valence-electron chi connectivity index (χ3n) is 6.72. The van der Waals surface area contributed by atoms with Crippen molar-refractivity contribution in [2.24, 2.45) is 11.0 Å². The molecule has 0 amide bonds. The third-order valence-corrected chi connectivity index (χ3v) is 6.72. The maximum absolute atomic E-state index is 11.1. The van der Waals surface area contributed by atoms with E-state index in [1.165, 1.54) is 16.7 Å². The van der Waals surface area contributed by atoms with Crippen molar-refractivity contribution in [2.75, 3.05) is 19.6 Å². The van der Waals surface area contributed by atoms with Crippen molar-refractivity contribution in [3.8, 4) is 11.4 Å². The number of carbonyl (C=O) groups is 1. The minimum atomic E-state index is -0.709. The molecule has 2 aliphatic rings. The second-order valence-corrected chi connectivity index (χ2v) is 8.92. The molecule has 0 bridgehead atoms. The molecule has 0 radical (unpaired) electrons. The Morgan fingerprint density at radius 2 is 1.91 bits per heavy atom. The standard InChI is InChI=1S/C26H29N5O3/c1-3-17-12-19(10-11-20(17)14-30-15-21(16-30)26(32)33)24-27-25(34-29-24)22-13-23(31(4-2)28-22)18-8-6-5-7-9-18/h5-12,21,23H,3-4,13-16H2,1-2H3,(H,32,33). The highest BCUT2D eigenvalue weighted by molar-refractivity contribution is 5.98. The van der Waals surface area contributed by atoms with Crippen molar-refractivity contribution in [3.05, 3.63) is 71.1 Å². The Balaban J connectivity index is 1.31. The predicted molar refractivity (Wildman–Crippen MR) is 128 cm³/mol. The molecule has 2 aromatic carbocycles. The summed E-state index contributed by atoms with van der Waals surface area (Å²) in [6, 6.07) is 16.8. The Kier molecular flexibility index (Phi) is 6.15. The monoisotopic (exact) mass is 459 g/mol. The van der Waals surface area contributed by atoms with Gasteiger partial charge in [-0.2, -0.15) is 10.1 Å². The highest BCUT2D eigenvalue weighted by Gasteiger charge is 2.33. The molecule has 2 aliphatic heterocycles. The highest BCUT2D eigenvalue weighted by Crippen LogP contribution is 2.32. The lowest BCUT2D eigenvalue weighted by Crippen LogP contribution is -2.49. The first-order valence-corrected chi connectivity index (χ1v) is 11.9. The molecular formula is C26H29N5O3. The maximum Gasteiger partial charge on any atom is 0.309 e. The van der Waals surface area contributed by atoms with Crippen LogP contribution in [0.1, 0.15) is 48.9 Å². The van der Waals surface area contributed by atoms with Gasteiger partial charge in [-0.15, -0.1) is 0 Å². The molecule has 34 heavy (non-hydrogen) atoms. The lowest BCUT2D eigenvalue weighted by molar-refractivity contribution is -0.147. The molecule has 8 nitrogen and oxygen atoms in total. The van der Waals surface area contributed by atoms with Gasteiger partial charge in [-0.05, 0) is 36.1 Å². The molecule has 0 spiro atoms. The van der Waals surface area contributed by atoms with Gasteiger partial charge >= 0.3 is 5.97 Å². The van der Waals surface area contributed by atoms with E-state index in [2.05, 4.69) is 58.2 Å². The highest BCUT2D eigenvalue weighted by atomic mass is 16.5. The van der Waals surface area contributed by atoms with Crippen LogP contribution in [-0.4, -0.2) is 56.5 Å². The average molecular weight is 460 g/mol. The number of aryl methyl sites for hydroxylation is 1. The summed E-state index contributed by atoms with van der Waals surface area (Å²) in [5, 5.41) is 20.2. The van der Waals surface area contributed by atoms with Gasteiger partial charge in [0.25, 0.3) is 5.89 Å². The Hall–Kier alpha value is -3.52. The van der Waals surface area contributed by atoms with E-state index in [4.69, 9.17) is 14.7 Å². The molecule has 1 aromatic heterocycles. The Morgan fingerprint density at radius 1 is 1.12 bits per heavy atom. The van der Waals surface area contributed by atoms with Crippen LogP contribution in [0.5, 0.6) is 0 Å². The fraction of sp³-hybridized carbons (Fsp3) is 0.385. The number of hydrogen-bond acceptors (Lipinski definition) is 7. The summed E-state index contributed by atoms with van der Waals surface area (Å²) < 4.78 is 5.63. The molecule has 1 fully saturated rings. The first kappa shape index (κ1) is 22.3. The Labute approximate surface area is 198 Å². The summed E-state index contributed by atoms with van der Waals surface area (Å²) in [5.41, 5.74) is 5.37. The van der Waals surface area contributed by atoms with Crippen LogP contribution >= 0.6 is 0 Å². The lowest BCUT2D eigenvalue weighted by atomic mass is 9.96. The molecule has 0 aliphatic carbocycles. The van der Waals surface area contributed by atoms with E-state index in [1.54, 1.807) is 0 Å². The van der Waals surface area contributed by atoms with Gasteiger partial charge in [0, 0.05) is 38.2 Å². The summed E-state index contributed by atoms with van der Waals surface area (Å²) in [4.78, 5) is 17.9. The number of aromatic nitrogens is 2. The van der Waals surface area contributed by atoms with Gasteiger partial charge in [0.2, 0.25) is 5.82 Å². The summed E-state index contributed by atoms with van der Waals surface area (Å²) in [6.45, 7) is 6.99. The summed E-state index contributed by atoms with van der Waals surface area (Å²) in [6.07, 6.45) is 1.60. The van der Waals surface area contributed by atoms with Gasteiger partial charge in [-0.1, -0.05) is 54.5 Å². The number of carboxylic acid groups (broad SMARTS) is 1. The molecule has 1 N–H and O–H groups in total. The van der Waals surface area contributed by atoms with Crippen LogP contribution in [-0.2, 0) is 17.8 Å². The molecule has 1 saturated heterocycles. The molecule has 8 heteroatoms. The maximum atomic E-state index is 11.1.